The van der Waals surface area contributed by atoms with Crippen LogP contribution in [0.3, 0.4) is 0 Å². The highest BCUT2D eigenvalue weighted by Gasteiger charge is 2.54. The number of fused-ring (bicyclic) bond motifs is 1. The fraction of sp³-hybridized carbons (Fsp3) is 0.714. The summed E-state index contributed by atoms with van der Waals surface area (Å²) in [5.41, 5.74) is -0.760. The van der Waals surface area contributed by atoms with Gasteiger partial charge in [0, 0.05) is 6.54 Å². The van der Waals surface area contributed by atoms with E-state index in [1.807, 2.05) is 0 Å². The Balaban J connectivity index is 2.18. The monoisotopic (exact) mass is 267 g/mol. The Morgan fingerprint density at radius 1 is 1.37 bits per heavy atom. The topological polar surface area (TPSA) is 66.8 Å². The van der Waals surface area contributed by atoms with Crippen molar-refractivity contribution in [1.29, 1.82) is 0 Å². The van der Waals surface area contributed by atoms with Crippen LogP contribution < -0.4 is 0 Å². The Kier molecular flexibility index (Phi) is 4.12. The van der Waals surface area contributed by atoms with Gasteiger partial charge in [-0.25, -0.2) is 4.79 Å². The quantitative estimate of drug-likeness (QED) is 0.797. The van der Waals surface area contributed by atoms with E-state index in [2.05, 4.69) is 6.58 Å². The molecule has 2 fully saturated rings. The molecule has 0 aromatic heterocycles. The van der Waals surface area contributed by atoms with Crippen molar-refractivity contribution < 1.29 is 19.4 Å². The molecule has 1 saturated carbocycles. The van der Waals surface area contributed by atoms with Crippen LogP contribution in [0.2, 0.25) is 0 Å². The lowest BCUT2D eigenvalue weighted by Crippen LogP contribution is -2.46. The van der Waals surface area contributed by atoms with E-state index in [4.69, 9.17) is 4.74 Å². The summed E-state index contributed by atoms with van der Waals surface area (Å²) in [4.78, 5) is 25.3. The molecule has 5 heteroatoms. The number of carbonyl (C=O) groups excluding carboxylic acids is 1. The second kappa shape index (κ2) is 5.63. The van der Waals surface area contributed by atoms with Gasteiger partial charge in [0.2, 0.25) is 0 Å². The molecule has 1 aliphatic heterocycles. The molecule has 106 valence electrons. The van der Waals surface area contributed by atoms with Gasteiger partial charge in [0.1, 0.15) is 6.61 Å². The number of nitrogens with zero attached hydrogens (tertiary/aromatic N) is 1. The molecule has 2 aliphatic rings. The van der Waals surface area contributed by atoms with E-state index >= 15 is 0 Å². The number of aliphatic carboxylic acids is 1. The first-order chi connectivity index (χ1) is 9.12. The summed E-state index contributed by atoms with van der Waals surface area (Å²) in [5, 5.41) is 9.60. The lowest BCUT2D eigenvalue weighted by atomic mass is 9.76. The highest BCUT2D eigenvalue weighted by molar-refractivity contribution is 5.79. The predicted octanol–water partition coefficient (Wildman–Crippen LogP) is 2.42. The molecule has 5 nitrogen and oxygen atoms in total. The first kappa shape index (κ1) is 13.9. The highest BCUT2D eigenvalue weighted by atomic mass is 16.6. The number of carboxylic acid groups (broad SMARTS) is 1. The second-order valence-electron chi connectivity index (χ2n) is 5.39. The standard InChI is InChI=1S/C14H21NO4/c1-2-10-19-13(18)15-9-8-14(12(16)17)7-5-3-4-6-11(14)15/h2,11H,1,3-10H2,(H,16,17). The van der Waals surface area contributed by atoms with Gasteiger partial charge in [0.05, 0.1) is 11.5 Å². The number of amides is 1. The lowest BCUT2D eigenvalue weighted by Gasteiger charge is -2.32. The number of carbonyl (C=O) groups is 2. The molecule has 2 rings (SSSR count). The highest BCUT2D eigenvalue weighted by Crippen LogP contribution is 2.46. The van der Waals surface area contributed by atoms with Crippen molar-refractivity contribution in [1.82, 2.24) is 4.90 Å². The fourth-order valence-corrected chi connectivity index (χ4v) is 3.41. The van der Waals surface area contributed by atoms with Crippen LogP contribution in [0.15, 0.2) is 12.7 Å². The molecule has 1 saturated heterocycles. The van der Waals surface area contributed by atoms with Crippen LogP contribution >= 0.6 is 0 Å². The van der Waals surface area contributed by atoms with E-state index in [0.29, 0.717) is 19.4 Å². The molecule has 0 spiro atoms. The van der Waals surface area contributed by atoms with Gasteiger partial charge in [-0.1, -0.05) is 31.9 Å². The Hall–Kier alpha value is -1.52. The van der Waals surface area contributed by atoms with E-state index in [1.165, 1.54) is 6.08 Å². The van der Waals surface area contributed by atoms with E-state index in [1.54, 1.807) is 4.90 Å². The summed E-state index contributed by atoms with van der Waals surface area (Å²) in [6, 6.07) is -0.218. The van der Waals surface area contributed by atoms with E-state index in [9.17, 15) is 14.7 Å². The minimum absolute atomic E-state index is 0.169. The van der Waals surface area contributed by atoms with Gasteiger partial charge in [-0.15, -0.1) is 0 Å². The van der Waals surface area contributed by atoms with Gasteiger partial charge in [-0.3, -0.25) is 4.79 Å². The van der Waals surface area contributed by atoms with Crippen molar-refractivity contribution in [3.63, 3.8) is 0 Å². The molecule has 1 heterocycles. The molecule has 0 aromatic rings. The van der Waals surface area contributed by atoms with Gasteiger partial charge < -0.3 is 14.7 Å². The zero-order chi connectivity index (χ0) is 13.9. The summed E-state index contributed by atoms with van der Waals surface area (Å²) in [6.45, 7) is 4.16. The van der Waals surface area contributed by atoms with Crippen LogP contribution in [0, 0.1) is 5.41 Å². The number of carboxylic acids is 1. The van der Waals surface area contributed by atoms with Crippen LogP contribution in [0.5, 0.6) is 0 Å². The lowest BCUT2D eigenvalue weighted by molar-refractivity contribution is -0.150. The van der Waals surface area contributed by atoms with E-state index in [-0.39, 0.29) is 12.6 Å². The average molecular weight is 267 g/mol. The Morgan fingerprint density at radius 2 is 2.16 bits per heavy atom. The van der Waals surface area contributed by atoms with Gasteiger partial charge >= 0.3 is 12.1 Å². The van der Waals surface area contributed by atoms with Crippen molar-refractivity contribution in [2.75, 3.05) is 13.2 Å². The van der Waals surface area contributed by atoms with Crippen LogP contribution in [0.1, 0.15) is 38.5 Å². The number of likely N-dealkylation sites (tertiary alicyclic amines) is 1. The average Bonchev–Trinajstić information content (AvgIpc) is 2.63. The fourth-order valence-electron chi connectivity index (χ4n) is 3.41. The number of hydrogen-bond acceptors (Lipinski definition) is 3. The summed E-state index contributed by atoms with van der Waals surface area (Å²) >= 11 is 0. The van der Waals surface area contributed by atoms with Crippen molar-refractivity contribution in [2.24, 2.45) is 5.41 Å². The molecule has 1 amide bonds. The van der Waals surface area contributed by atoms with Gasteiger partial charge in [0.25, 0.3) is 0 Å². The Bertz CT molecular complexity index is 382. The normalized spacial score (nSPS) is 30.3. The largest absolute Gasteiger partial charge is 0.481 e. The van der Waals surface area contributed by atoms with Crippen molar-refractivity contribution in [2.45, 2.75) is 44.6 Å². The van der Waals surface area contributed by atoms with Crippen LogP contribution in [-0.4, -0.2) is 41.3 Å². The maximum atomic E-state index is 12.0. The van der Waals surface area contributed by atoms with Crippen LogP contribution in [0.4, 0.5) is 4.79 Å². The summed E-state index contributed by atoms with van der Waals surface area (Å²) in [6.07, 6.45) is 6.02. The molecule has 0 bridgehead atoms. The number of hydrogen-bond donors (Lipinski definition) is 1. The summed E-state index contributed by atoms with van der Waals surface area (Å²) in [7, 11) is 0. The summed E-state index contributed by atoms with van der Waals surface area (Å²) in [5.74, 6) is -0.765. The second-order valence-corrected chi connectivity index (χ2v) is 5.39. The van der Waals surface area contributed by atoms with Crippen molar-refractivity contribution >= 4 is 12.1 Å². The maximum absolute atomic E-state index is 12.0. The third-order valence-corrected chi connectivity index (χ3v) is 4.40. The molecule has 2 unspecified atom stereocenters. The van der Waals surface area contributed by atoms with Crippen LogP contribution in [-0.2, 0) is 9.53 Å². The minimum atomic E-state index is -0.765. The summed E-state index contributed by atoms with van der Waals surface area (Å²) < 4.78 is 5.07. The number of ether oxygens (including phenoxy) is 1. The first-order valence-corrected chi connectivity index (χ1v) is 6.89. The molecular formula is C14H21NO4. The van der Waals surface area contributed by atoms with E-state index in [0.717, 1.165) is 25.7 Å². The Labute approximate surface area is 113 Å². The van der Waals surface area contributed by atoms with Gasteiger partial charge in [-0.2, -0.15) is 0 Å². The number of rotatable bonds is 3. The predicted molar refractivity (Wildman–Crippen MR) is 69.8 cm³/mol. The maximum Gasteiger partial charge on any atom is 0.410 e. The van der Waals surface area contributed by atoms with E-state index < -0.39 is 17.5 Å². The zero-order valence-electron chi connectivity index (χ0n) is 11.1. The molecule has 0 aromatic carbocycles. The van der Waals surface area contributed by atoms with Gasteiger partial charge in [0.15, 0.2) is 0 Å². The van der Waals surface area contributed by atoms with Crippen LogP contribution in [0.25, 0.3) is 0 Å². The third-order valence-electron chi connectivity index (χ3n) is 4.40. The first-order valence-electron chi connectivity index (χ1n) is 6.89. The molecular weight excluding hydrogens is 246 g/mol. The van der Waals surface area contributed by atoms with Crippen molar-refractivity contribution in [3.05, 3.63) is 12.7 Å². The molecule has 0 radical (unpaired) electrons. The SMILES string of the molecule is C=CCOC(=O)N1CCC2(C(=O)O)CCCCCC12. The Morgan fingerprint density at radius 3 is 2.84 bits per heavy atom. The van der Waals surface area contributed by atoms with Crippen molar-refractivity contribution in [3.8, 4) is 0 Å². The van der Waals surface area contributed by atoms with Gasteiger partial charge in [-0.05, 0) is 19.3 Å². The smallest absolute Gasteiger partial charge is 0.410 e. The minimum Gasteiger partial charge on any atom is -0.481 e. The third kappa shape index (κ3) is 2.46. The zero-order valence-corrected chi connectivity index (χ0v) is 11.1. The molecule has 2 atom stereocenters. The molecule has 1 N–H and O–H groups in total. The molecule has 19 heavy (non-hydrogen) atoms. The molecule has 1 aliphatic carbocycles.